The predicted octanol–water partition coefficient (Wildman–Crippen LogP) is 3.15. The van der Waals surface area contributed by atoms with Gasteiger partial charge in [0.25, 0.3) is 10.0 Å². The highest BCUT2D eigenvalue weighted by atomic mass is 35.5. The molecule has 31 heavy (non-hydrogen) atoms. The maximum atomic E-state index is 12.7. The molecule has 0 saturated carbocycles. The number of sulfonamides is 1. The minimum absolute atomic E-state index is 0.0112. The van der Waals surface area contributed by atoms with Crippen LogP contribution in [0.2, 0.25) is 10.0 Å². The SMILES string of the molecule is O=C(c1ccc(Cl)c(Cl)c1)C1CCN(C(=O)CN=C2NS(=O)(=O)c3ccccc32)CC1. The summed E-state index contributed by atoms with van der Waals surface area (Å²) in [5, 5.41) is 0.732. The molecule has 162 valence electrons. The molecule has 4 rings (SSSR count). The number of hydrogen-bond donors (Lipinski definition) is 1. The van der Waals surface area contributed by atoms with Crippen LogP contribution in [0.1, 0.15) is 28.8 Å². The third-order valence-corrected chi connectivity index (χ3v) is 7.59. The van der Waals surface area contributed by atoms with Gasteiger partial charge in [0.2, 0.25) is 5.91 Å². The second-order valence-electron chi connectivity index (χ2n) is 7.41. The van der Waals surface area contributed by atoms with Gasteiger partial charge in [0.15, 0.2) is 5.78 Å². The molecule has 0 spiro atoms. The lowest BCUT2D eigenvalue weighted by Crippen LogP contribution is -2.41. The van der Waals surface area contributed by atoms with Gasteiger partial charge in [-0.3, -0.25) is 19.3 Å². The van der Waals surface area contributed by atoms with E-state index in [1.807, 2.05) is 0 Å². The summed E-state index contributed by atoms with van der Waals surface area (Å²) < 4.78 is 26.7. The van der Waals surface area contributed by atoms with Gasteiger partial charge in [-0.2, -0.15) is 0 Å². The second-order valence-corrected chi connectivity index (χ2v) is 9.88. The molecule has 1 N–H and O–H groups in total. The van der Waals surface area contributed by atoms with Gasteiger partial charge in [-0.15, -0.1) is 0 Å². The highest BCUT2D eigenvalue weighted by Gasteiger charge is 2.31. The van der Waals surface area contributed by atoms with Gasteiger partial charge in [0.1, 0.15) is 12.4 Å². The number of aliphatic imine (C=N–C) groups is 1. The molecule has 0 aliphatic carbocycles. The van der Waals surface area contributed by atoms with Gasteiger partial charge >= 0.3 is 0 Å². The van der Waals surface area contributed by atoms with Crippen molar-refractivity contribution in [2.45, 2.75) is 17.7 Å². The number of rotatable bonds is 4. The molecule has 0 atom stereocenters. The van der Waals surface area contributed by atoms with Crippen molar-refractivity contribution < 1.29 is 18.0 Å². The smallest absolute Gasteiger partial charge is 0.263 e. The molecular formula is C21H19Cl2N3O4S. The maximum Gasteiger partial charge on any atom is 0.263 e. The first-order chi connectivity index (χ1) is 14.8. The zero-order valence-electron chi connectivity index (χ0n) is 16.3. The highest BCUT2D eigenvalue weighted by molar-refractivity contribution is 7.90. The molecule has 10 heteroatoms. The first-order valence-corrected chi connectivity index (χ1v) is 11.9. The van der Waals surface area contributed by atoms with Crippen LogP contribution in [0.4, 0.5) is 0 Å². The summed E-state index contributed by atoms with van der Waals surface area (Å²) in [6.07, 6.45) is 1.08. The molecule has 2 heterocycles. The van der Waals surface area contributed by atoms with Crippen LogP contribution in [0.25, 0.3) is 0 Å². The van der Waals surface area contributed by atoms with Crippen molar-refractivity contribution in [2.24, 2.45) is 10.9 Å². The first kappa shape index (κ1) is 21.8. The lowest BCUT2D eigenvalue weighted by atomic mass is 9.89. The summed E-state index contributed by atoms with van der Waals surface area (Å²) in [5.74, 6) is -0.242. The molecule has 0 unspecified atom stereocenters. The predicted molar refractivity (Wildman–Crippen MR) is 118 cm³/mol. The molecule has 1 amide bonds. The van der Waals surface area contributed by atoms with E-state index in [1.54, 1.807) is 41.3 Å². The quantitative estimate of drug-likeness (QED) is 0.681. The van der Waals surface area contributed by atoms with Crippen molar-refractivity contribution in [2.75, 3.05) is 19.6 Å². The normalized spacial score (nSPS) is 19.2. The lowest BCUT2D eigenvalue weighted by molar-refractivity contribution is -0.130. The average Bonchev–Trinajstić information content (AvgIpc) is 3.04. The second kappa shape index (κ2) is 8.61. The Morgan fingerprint density at radius 3 is 2.48 bits per heavy atom. The highest BCUT2D eigenvalue weighted by Crippen LogP contribution is 2.27. The standard InChI is InChI=1S/C21H19Cl2N3O4S/c22-16-6-5-14(11-17(16)23)20(28)13-7-9-26(10-8-13)19(27)12-24-21-15-3-1-2-4-18(15)31(29,30)25-21/h1-6,11,13H,7-10,12H2,(H,24,25). The number of amidine groups is 1. The van der Waals surface area contributed by atoms with E-state index in [4.69, 9.17) is 23.2 Å². The van der Waals surface area contributed by atoms with E-state index >= 15 is 0 Å². The number of likely N-dealkylation sites (tertiary alicyclic amines) is 1. The molecule has 1 fully saturated rings. The van der Waals surface area contributed by atoms with E-state index in [9.17, 15) is 18.0 Å². The topological polar surface area (TPSA) is 95.9 Å². The van der Waals surface area contributed by atoms with E-state index in [-0.39, 0.29) is 34.9 Å². The fraction of sp³-hybridized carbons (Fsp3) is 0.286. The summed E-state index contributed by atoms with van der Waals surface area (Å²) >= 11 is 11.9. The maximum absolute atomic E-state index is 12.7. The Morgan fingerprint density at radius 1 is 1.06 bits per heavy atom. The molecule has 1 saturated heterocycles. The van der Waals surface area contributed by atoms with Crippen molar-refractivity contribution in [1.29, 1.82) is 0 Å². The number of piperidine rings is 1. The Morgan fingerprint density at radius 2 is 1.77 bits per heavy atom. The molecule has 0 radical (unpaired) electrons. The zero-order valence-corrected chi connectivity index (χ0v) is 18.7. The summed E-state index contributed by atoms with van der Waals surface area (Å²) in [6, 6.07) is 11.3. The molecule has 7 nitrogen and oxygen atoms in total. The monoisotopic (exact) mass is 479 g/mol. The lowest BCUT2D eigenvalue weighted by Gasteiger charge is -2.31. The Hall–Kier alpha value is -2.42. The van der Waals surface area contributed by atoms with Crippen LogP contribution in [0.3, 0.4) is 0 Å². The van der Waals surface area contributed by atoms with Gasteiger partial charge in [-0.25, -0.2) is 8.42 Å². The minimum atomic E-state index is -3.64. The van der Waals surface area contributed by atoms with E-state index in [0.717, 1.165) is 0 Å². The Kier molecular flexibility index (Phi) is 6.05. The number of halogens is 2. The van der Waals surface area contributed by atoms with Gasteiger partial charge in [-0.1, -0.05) is 35.3 Å². The molecule has 0 bridgehead atoms. The number of amides is 1. The Bertz CT molecular complexity index is 1190. The molecular weight excluding hydrogens is 461 g/mol. The van der Waals surface area contributed by atoms with Crippen molar-refractivity contribution in [1.82, 2.24) is 9.62 Å². The molecule has 2 aromatic carbocycles. The van der Waals surface area contributed by atoms with E-state index in [2.05, 4.69) is 9.71 Å². The third kappa shape index (κ3) is 4.46. The van der Waals surface area contributed by atoms with E-state index in [0.29, 0.717) is 47.1 Å². The van der Waals surface area contributed by atoms with Crippen LogP contribution < -0.4 is 4.72 Å². The van der Waals surface area contributed by atoms with Gasteiger partial charge < -0.3 is 4.90 Å². The number of nitrogens with one attached hydrogen (secondary N) is 1. The molecule has 2 aromatic rings. The summed E-state index contributed by atoms with van der Waals surface area (Å²) in [7, 11) is -3.64. The van der Waals surface area contributed by atoms with E-state index < -0.39 is 10.0 Å². The van der Waals surface area contributed by atoms with Crippen molar-refractivity contribution >= 4 is 50.8 Å². The molecule has 2 aliphatic heterocycles. The van der Waals surface area contributed by atoms with Crippen LogP contribution >= 0.6 is 23.2 Å². The first-order valence-electron chi connectivity index (χ1n) is 9.70. The van der Waals surface area contributed by atoms with Crippen LogP contribution in [-0.2, 0) is 14.8 Å². The Labute approximate surface area is 190 Å². The zero-order chi connectivity index (χ0) is 22.2. The van der Waals surface area contributed by atoms with Crippen molar-refractivity contribution in [3.8, 4) is 0 Å². The van der Waals surface area contributed by atoms with Crippen molar-refractivity contribution in [3.63, 3.8) is 0 Å². The number of ketones is 1. The number of fused-ring (bicyclic) bond motifs is 1. The summed E-state index contributed by atoms with van der Waals surface area (Å²) in [5.41, 5.74) is 0.971. The molecule has 0 aromatic heterocycles. The van der Waals surface area contributed by atoms with Crippen LogP contribution in [0.5, 0.6) is 0 Å². The van der Waals surface area contributed by atoms with Gasteiger partial charge in [0.05, 0.1) is 14.9 Å². The average molecular weight is 480 g/mol. The molecule has 2 aliphatic rings. The number of carbonyl (C=O) groups is 2. The van der Waals surface area contributed by atoms with Gasteiger partial charge in [0, 0.05) is 30.1 Å². The van der Waals surface area contributed by atoms with Crippen LogP contribution in [-0.4, -0.2) is 50.5 Å². The van der Waals surface area contributed by atoms with Crippen LogP contribution in [0.15, 0.2) is 52.4 Å². The number of nitrogens with zero attached hydrogens (tertiary/aromatic N) is 2. The number of Topliss-reactive ketones (excluding diaryl/α,β-unsaturated/α-hetero) is 1. The largest absolute Gasteiger partial charge is 0.341 e. The van der Waals surface area contributed by atoms with Crippen LogP contribution in [0, 0.1) is 5.92 Å². The number of hydrogen-bond acceptors (Lipinski definition) is 5. The van der Waals surface area contributed by atoms with Gasteiger partial charge in [-0.05, 0) is 43.2 Å². The number of carbonyl (C=O) groups excluding carboxylic acids is 2. The van der Waals surface area contributed by atoms with Crippen molar-refractivity contribution in [3.05, 3.63) is 63.6 Å². The Balaban J connectivity index is 1.36. The third-order valence-electron chi connectivity index (χ3n) is 5.46. The minimum Gasteiger partial charge on any atom is -0.341 e. The fourth-order valence-electron chi connectivity index (χ4n) is 3.77. The summed E-state index contributed by atoms with van der Waals surface area (Å²) in [4.78, 5) is 31.3. The number of benzene rings is 2. The van der Waals surface area contributed by atoms with E-state index in [1.165, 1.54) is 6.07 Å². The fourth-order valence-corrected chi connectivity index (χ4v) is 5.32. The summed E-state index contributed by atoms with van der Waals surface area (Å²) in [6.45, 7) is 0.699.